The van der Waals surface area contributed by atoms with Crippen LogP contribution in [0.15, 0.2) is 70.4 Å². The van der Waals surface area contributed by atoms with E-state index in [9.17, 15) is 10.5 Å². The largest absolute Gasteiger partial charge is 0.192 e. The van der Waals surface area contributed by atoms with E-state index in [2.05, 4.69) is 45.9 Å². The Hall–Kier alpha value is -0.0400. The van der Waals surface area contributed by atoms with Crippen LogP contribution in [-0.4, -0.2) is 0 Å². The van der Waals surface area contributed by atoms with Crippen LogP contribution < -0.4 is 0 Å². The van der Waals surface area contributed by atoms with Crippen LogP contribution in [0, 0.1) is 22.7 Å². The van der Waals surface area contributed by atoms with Gasteiger partial charge >= 0.3 is 0 Å². The molecule has 0 atom stereocenters. The van der Waals surface area contributed by atoms with Crippen LogP contribution in [0.3, 0.4) is 0 Å². The third-order valence-electron chi connectivity index (χ3n) is 2.96. The summed E-state index contributed by atoms with van der Waals surface area (Å²) >= 11 is 13.0. The van der Waals surface area contributed by atoms with Crippen molar-refractivity contribution in [2.75, 3.05) is 0 Å². The van der Waals surface area contributed by atoms with E-state index in [1.165, 1.54) is 32.0 Å². The molecular formula is C16H6N2S8. The van der Waals surface area contributed by atoms with Gasteiger partial charge in [0, 0.05) is 18.3 Å². The zero-order chi connectivity index (χ0) is 17.9. The third-order valence-corrected chi connectivity index (χ3v) is 12.4. The molecule has 0 saturated carbocycles. The summed E-state index contributed by atoms with van der Waals surface area (Å²) in [6.07, 6.45) is 4.17. The molecule has 0 aliphatic carbocycles. The topological polar surface area (TPSA) is 47.6 Å². The molecule has 0 aromatic heterocycles. The van der Waals surface area contributed by atoms with E-state index in [0.717, 1.165) is 28.1 Å². The second-order valence-electron chi connectivity index (χ2n) is 4.54. The van der Waals surface area contributed by atoms with Gasteiger partial charge in [0.2, 0.25) is 0 Å². The van der Waals surface area contributed by atoms with Crippen molar-refractivity contribution < 1.29 is 0 Å². The maximum absolute atomic E-state index is 9.49. The first-order valence-electron chi connectivity index (χ1n) is 6.91. The molecule has 4 heterocycles. The molecule has 0 bridgehead atoms. The van der Waals surface area contributed by atoms with Crippen molar-refractivity contribution in [1.82, 2.24) is 0 Å². The van der Waals surface area contributed by atoms with Crippen molar-refractivity contribution in [1.29, 1.82) is 10.5 Å². The van der Waals surface area contributed by atoms with Gasteiger partial charge in [-0.1, -0.05) is 94.1 Å². The predicted molar refractivity (Wildman–Crippen MR) is 127 cm³/mol. The van der Waals surface area contributed by atoms with E-state index in [1.54, 1.807) is 70.6 Å². The van der Waals surface area contributed by atoms with E-state index >= 15 is 0 Å². The monoisotopic (exact) mass is 482 g/mol. The fourth-order valence-electron chi connectivity index (χ4n) is 1.92. The molecule has 0 N–H and O–H groups in total. The first-order valence-corrected chi connectivity index (χ1v) is 13.7. The molecule has 4 aliphatic heterocycles. The molecule has 0 aromatic rings. The van der Waals surface area contributed by atoms with Gasteiger partial charge < -0.3 is 0 Å². The molecule has 0 unspecified atom stereocenters. The second-order valence-corrected chi connectivity index (χ2v) is 13.5. The summed E-state index contributed by atoms with van der Waals surface area (Å²) in [6.45, 7) is 0. The summed E-state index contributed by atoms with van der Waals surface area (Å²) in [4.78, 5) is 3.46. The van der Waals surface area contributed by atoms with E-state index < -0.39 is 0 Å². The maximum atomic E-state index is 9.49. The Labute approximate surface area is 185 Å². The molecule has 4 aliphatic rings. The normalized spacial score (nSPS) is 24.7. The lowest BCUT2D eigenvalue weighted by molar-refractivity contribution is 1.52. The summed E-state index contributed by atoms with van der Waals surface area (Å²) in [7, 11) is 0. The smallest absolute Gasteiger partial charge is 0.108 e. The zero-order valence-electron chi connectivity index (χ0n) is 12.6. The lowest BCUT2D eigenvalue weighted by Crippen LogP contribution is -1.71. The Balaban J connectivity index is 1.54. The molecule has 0 saturated heterocycles. The Bertz CT molecular complexity index is 867. The standard InChI is InChI=1S/C16H6N2S8/c17-7-11-9(5-13-19-1-2-20-13)23-15(25-11)16-24-10(12(8-18)26-16)6-14-21-3-4-22-14/h1-6H/b16-15-. The van der Waals surface area contributed by atoms with Gasteiger partial charge in [-0.05, 0) is 33.8 Å². The summed E-state index contributed by atoms with van der Waals surface area (Å²) in [5.74, 6) is 0. The summed E-state index contributed by atoms with van der Waals surface area (Å²) in [5, 5.41) is 27.2. The number of nitriles is 2. The van der Waals surface area contributed by atoms with Crippen molar-refractivity contribution in [3.63, 3.8) is 0 Å². The third kappa shape index (κ3) is 4.34. The number of rotatable bonds is 2. The minimum atomic E-state index is 0.732. The maximum Gasteiger partial charge on any atom is 0.108 e. The number of thioether (sulfide) groups is 8. The number of allylic oxidation sites excluding steroid dienone is 4. The molecule has 2 nitrogen and oxygen atoms in total. The van der Waals surface area contributed by atoms with E-state index in [0.29, 0.717) is 0 Å². The SMILES string of the molecule is N#CC1=C(C=C2SC=CS2)S/C(=C2/SC(C#N)=C(C=C3SC=CS3)S2)S1. The molecule has 0 spiro atoms. The zero-order valence-corrected chi connectivity index (χ0v) is 19.2. The van der Waals surface area contributed by atoms with E-state index in [-0.39, 0.29) is 0 Å². The lowest BCUT2D eigenvalue weighted by Gasteiger charge is -2.01. The Kier molecular flexibility index (Phi) is 6.66. The molecule has 10 heteroatoms. The summed E-state index contributed by atoms with van der Waals surface area (Å²) < 4.78 is 4.55. The van der Waals surface area contributed by atoms with Crippen molar-refractivity contribution in [2.24, 2.45) is 0 Å². The molecule has 0 aromatic carbocycles. The first-order chi connectivity index (χ1) is 12.8. The van der Waals surface area contributed by atoms with Gasteiger partial charge in [-0.3, -0.25) is 0 Å². The van der Waals surface area contributed by atoms with Gasteiger partial charge in [-0.25, -0.2) is 0 Å². The molecule has 4 rings (SSSR count). The van der Waals surface area contributed by atoms with E-state index in [4.69, 9.17) is 0 Å². The van der Waals surface area contributed by atoms with Crippen LogP contribution in [0.1, 0.15) is 0 Å². The summed E-state index contributed by atoms with van der Waals surface area (Å²) in [5.41, 5.74) is 0. The van der Waals surface area contributed by atoms with E-state index in [1.807, 2.05) is 0 Å². The Morgan fingerprint density at radius 3 is 1.35 bits per heavy atom. The van der Waals surface area contributed by atoms with Crippen LogP contribution in [0.25, 0.3) is 0 Å². The summed E-state index contributed by atoms with van der Waals surface area (Å²) in [6, 6.07) is 4.63. The second kappa shape index (κ2) is 8.97. The minimum Gasteiger partial charge on any atom is -0.192 e. The van der Waals surface area contributed by atoms with Crippen LogP contribution in [0.4, 0.5) is 0 Å². The van der Waals surface area contributed by atoms with Crippen molar-refractivity contribution >= 4 is 94.1 Å². The van der Waals surface area contributed by atoms with Gasteiger partial charge in [-0.2, -0.15) is 10.5 Å². The fraction of sp³-hybridized carbons (Fsp3) is 0. The fourth-order valence-corrected chi connectivity index (χ4v) is 10.5. The number of nitrogens with zero attached hydrogens (tertiary/aromatic N) is 2. The van der Waals surface area contributed by atoms with Crippen LogP contribution in [0.5, 0.6) is 0 Å². The first kappa shape index (κ1) is 19.3. The van der Waals surface area contributed by atoms with Crippen molar-refractivity contribution in [2.45, 2.75) is 0 Å². The highest BCUT2D eigenvalue weighted by Gasteiger charge is 2.29. The van der Waals surface area contributed by atoms with Gasteiger partial charge in [0.25, 0.3) is 0 Å². The minimum absolute atomic E-state index is 0.732. The predicted octanol–water partition coefficient (Wildman–Crippen LogP) is 8.13. The van der Waals surface area contributed by atoms with Crippen molar-refractivity contribution in [3.05, 3.63) is 70.4 Å². The molecule has 128 valence electrons. The van der Waals surface area contributed by atoms with Crippen molar-refractivity contribution in [3.8, 4) is 12.1 Å². The Morgan fingerprint density at radius 1 is 0.615 bits per heavy atom. The highest BCUT2D eigenvalue weighted by Crippen LogP contribution is 2.61. The number of hydrogen-bond donors (Lipinski definition) is 0. The van der Waals surface area contributed by atoms with Gasteiger partial charge in [-0.15, -0.1) is 0 Å². The molecular weight excluding hydrogens is 477 g/mol. The van der Waals surface area contributed by atoms with Gasteiger partial charge in [0.1, 0.15) is 21.9 Å². The molecule has 0 fully saturated rings. The highest BCUT2D eigenvalue weighted by atomic mass is 32.2. The quantitative estimate of drug-likeness (QED) is 0.385. The lowest BCUT2D eigenvalue weighted by atomic mass is 10.5. The average molecular weight is 483 g/mol. The Morgan fingerprint density at radius 2 is 1.00 bits per heavy atom. The van der Waals surface area contributed by atoms with Crippen LogP contribution in [0.2, 0.25) is 0 Å². The number of hydrogen-bond acceptors (Lipinski definition) is 10. The molecule has 0 amide bonds. The van der Waals surface area contributed by atoms with Crippen LogP contribution in [-0.2, 0) is 0 Å². The van der Waals surface area contributed by atoms with Crippen LogP contribution >= 0.6 is 94.1 Å². The highest BCUT2D eigenvalue weighted by molar-refractivity contribution is 8.34. The molecule has 0 radical (unpaired) electrons. The molecule has 26 heavy (non-hydrogen) atoms. The van der Waals surface area contributed by atoms with Gasteiger partial charge in [0.05, 0.1) is 8.47 Å². The average Bonchev–Trinajstić information content (AvgIpc) is 3.43. The van der Waals surface area contributed by atoms with Gasteiger partial charge in [0.15, 0.2) is 0 Å².